The van der Waals surface area contributed by atoms with Crippen molar-refractivity contribution in [2.45, 2.75) is 38.2 Å². The summed E-state index contributed by atoms with van der Waals surface area (Å²) in [5, 5.41) is 3.45. The highest BCUT2D eigenvalue weighted by Gasteiger charge is 2.38. The van der Waals surface area contributed by atoms with Crippen molar-refractivity contribution < 1.29 is 30.5 Å². The SMILES string of the molecule is [2H]C([2H])([2H])[C@@H](Nc1nc(N[C@H](C)C(F)(F)F)nc(-c2cccc(Cl)n2)n1)C(F)(F)F. The maximum atomic E-state index is 13.2. The van der Waals surface area contributed by atoms with Crippen LogP contribution >= 0.6 is 11.6 Å². The monoisotopic (exact) mass is 417 g/mol. The molecule has 0 aliphatic rings. The maximum Gasteiger partial charge on any atom is 0.408 e. The third-order valence-corrected chi connectivity index (χ3v) is 3.23. The van der Waals surface area contributed by atoms with Crippen molar-refractivity contribution in [2.75, 3.05) is 10.6 Å². The molecule has 148 valence electrons. The molecule has 0 amide bonds. The lowest BCUT2D eigenvalue weighted by Gasteiger charge is -2.20. The summed E-state index contributed by atoms with van der Waals surface area (Å²) in [6.45, 7) is -2.82. The molecule has 2 rings (SSSR count). The third-order valence-electron chi connectivity index (χ3n) is 3.02. The van der Waals surface area contributed by atoms with Gasteiger partial charge in [-0.2, -0.15) is 41.3 Å². The highest BCUT2D eigenvalue weighted by molar-refractivity contribution is 6.29. The van der Waals surface area contributed by atoms with Gasteiger partial charge in [-0.3, -0.25) is 0 Å². The van der Waals surface area contributed by atoms with Crippen LogP contribution in [0.3, 0.4) is 0 Å². The molecule has 0 aliphatic heterocycles. The van der Waals surface area contributed by atoms with Crippen LogP contribution in [0, 0.1) is 0 Å². The predicted octanol–water partition coefficient (Wildman–Crippen LogP) is 4.31. The Hall–Kier alpha value is -2.37. The lowest BCUT2D eigenvalue weighted by atomic mass is 10.3. The highest BCUT2D eigenvalue weighted by Crippen LogP contribution is 2.26. The second-order valence-electron chi connectivity index (χ2n) is 5.18. The molecule has 0 fully saturated rings. The zero-order chi connectivity index (χ0) is 22.9. The van der Waals surface area contributed by atoms with E-state index in [-0.39, 0.29) is 10.8 Å². The summed E-state index contributed by atoms with van der Waals surface area (Å²) in [5.74, 6) is -2.10. The number of hydrogen-bond donors (Lipinski definition) is 2. The molecule has 27 heavy (non-hydrogen) atoms. The molecule has 2 N–H and O–H groups in total. The van der Waals surface area contributed by atoms with Crippen molar-refractivity contribution in [3.63, 3.8) is 0 Å². The molecule has 0 aliphatic carbocycles. The molecule has 0 spiro atoms. The number of pyridine rings is 1. The summed E-state index contributed by atoms with van der Waals surface area (Å²) < 4.78 is 99.2. The van der Waals surface area contributed by atoms with Crippen molar-refractivity contribution >= 4 is 23.5 Å². The Morgan fingerprint density at radius 1 is 0.926 bits per heavy atom. The van der Waals surface area contributed by atoms with E-state index < -0.39 is 49.0 Å². The van der Waals surface area contributed by atoms with Gasteiger partial charge in [0, 0.05) is 4.11 Å². The first kappa shape index (κ1) is 16.8. The smallest absolute Gasteiger partial charge is 0.343 e. The molecule has 2 aromatic heterocycles. The molecule has 2 atom stereocenters. The summed E-state index contributed by atoms with van der Waals surface area (Å²) in [7, 11) is 0. The molecule has 0 radical (unpaired) electrons. The van der Waals surface area contributed by atoms with Crippen molar-refractivity contribution in [2.24, 2.45) is 0 Å². The normalized spacial score (nSPS) is 16.7. The van der Waals surface area contributed by atoms with Gasteiger partial charge < -0.3 is 10.6 Å². The van der Waals surface area contributed by atoms with Crippen LogP contribution in [-0.2, 0) is 0 Å². The summed E-state index contributed by atoms with van der Waals surface area (Å²) in [4.78, 5) is 14.6. The minimum Gasteiger partial charge on any atom is -0.343 e. The van der Waals surface area contributed by atoms with Gasteiger partial charge in [0.15, 0.2) is 5.82 Å². The van der Waals surface area contributed by atoms with Gasteiger partial charge in [-0.1, -0.05) is 17.7 Å². The van der Waals surface area contributed by atoms with Crippen LogP contribution in [-0.4, -0.2) is 44.4 Å². The van der Waals surface area contributed by atoms with Gasteiger partial charge in [0.25, 0.3) is 0 Å². The minimum atomic E-state index is -5.24. The summed E-state index contributed by atoms with van der Waals surface area (Å²) in [5.41, 5.74) is -0.0897. The Labute approximate surface area is 158 Å². The fraction of sp³-hybridized carbons (Fsp3) is 0.429. The highest BCUT2D eigenvalue weighted by atomic mass is 35.5. The molecule has 6 nitrogen and oxygen atoms in total. The van der Waals surface area contributed by atoms with E-state index in [1.807, 2.05) is 5.32 Å². The minimum absolute atomic E-state index is 0.0451. The van der Waals surface area contributed by atoms with Gasteiger partial charge in [0.1, 0.15) is 22.9 Å². The standard InChI is InChI=1S/C14H13ClF6N6/c1-6(13(16,17)18)22-11-25-10(8-4-3-5-9(15)24-8)26-12(27-11)23-7(2)14(19,20)21/h3-7H,1-2H3,(H2,22,23,25,26,27)/t6-,7-/m1/s1/i1D3. The summed E-state index contributed by atoms with van der Waals surface area (Å²) in [6, 6.07) is -1.19. The van der Waals surface area contributed by atoms with E-state index in [0.717, 1.165) is 6.92 Å². The Balaban J connectivity index is 2.53. The molecule has 0 aromatic carbocycles. The molecular formula is C14H13ClF6N6. The molecule has 0 saturated heterocycles. The van der Waals surface area contributed by atoms with Crippen LogP contribution in [0.4, 0.5) is 38.2 Å². The summed E-state index contributed by atoms with van der Waals surface area (Å²) >= 11 is 5.74. The number of rotatable bonds is 5. The second kappa shape index (κ2) is 7.71. The van der Waals surface area contributed by atoms with Crippen molar-refractivity contribution in [1.82, 2.24) is 19.9 Å². The zero-order valence-electron chi connectivity index (χ0n) is 16.3. The van der Waals surface area contributed by atoms with E-state index in [1.54, 1.807) is 5.32 Å². The lowest BCUT2D eigenvalue weighted by Crippen LogP contribution is -2.35. The first-order valence-electron chi connectivity index (χ1n) is 8.63. The van der Waals surface area contributed by atoms with E-state index in [4.69, 9.17) is 15.7 Å². The molecular weight excluding hydrogens is 402 g/mol. The predicted molar refractivity (Wildman–Crippen MR) is 86.3 cm³/mol. The van der Waals surface area contributed by atoms with Gasteiger partial charge in [-0.15, -0.1) is 0 Å². The molecule has 13 heteroatoms. The molecule has 0 unspecified atom stereocenters. The maximum absolute atomic E-state index is 13.2. The Morgan fingerprint density at radius 3 is 1.96 bits per heavy atom. The van der Waals surface area contributed by atoms with Crippen molar-refractivity contribution in [3.8, 4) is 11.5 Å². The quantitative estimate of drug-likeness (QED) is 0.557. The Bertz CT molecular complexity index is 878. The second-order valence-corrected chi connectivity index (χ2v) is 5.57. The van der Waals surface area contributed by atoms with E-state index in [0.29, 0.717) is 0 Å². The van der Waals surface area contributed by atoms with Crippen molar-refractivity contribution in [1.29, 1.82) is 0 Å². The number of anilines is 2. The Morgan fingerprint density at radius 2 is 1.48 bits per heavy atom. The van der Waals surface area contributed by atoms with Gasteiger partial charge in [-0.05, 0) is 25.9 Å². The fourth-order valence-corrected chi connectivity index (χ4v) is 1.80. The number of aromatic nitrogens is 4. The number of hydrogen-bond acceptors (Lipinski definition) is 6. The average molecular weight is 418 g/mol. The van der Waals surface area contributed by atoms with E-state index in [1.165, 1.54) is 18.2 Å². The van der Waals surface area contributed by atoms with Crippen LogP contribution in [0.5, 0.6) is 0 Å². The summed E-state index contributed by atoms with van der Waals surface area (Å²) in [6.07, 6.45) is -9.96. The largest absolute Gasteiger partial charge is 0.408 e. The lowest BCUT2D eigenvalue weighted by molar-refractivity contribution is -0.139. The first-order valence-corrected chi connectivity index (χ1v) is 7.50. The number of alkyl halides is 6. The average Bonchev–Trinajstić information content (AvgIpc) is 2.56. The van der Waals surface area contributed by atoms with Gasteiger partial charge in [-0.25, -0.2) is 4.98 Å². The Kier molecular flexibility index (Phi) is 4.79. The topological polar surface area (TPSA) is 75.6 Å². The van der Waals surface area contributed by atoms with Crippen LogP contribution in [0.15, 0.2) is 18.2 Å². The number of nitrogens with zero attached hydrogens (tertiary/aromatic N) is 4. The van der Waals surface area contributed by atoms with Crippen LogP contribution in [0.2, 0.25) is 5.15 Å². The fourth-order valence-electron chi connectivity index (χ4n) is 1.64. The van der Waals surface area contributed by atoms with E-state index in [9.17, 15) is 26.3 Å². The molecule has 2 aromatic rings. The van der Waals surface area contributed by atoms with E-state index in [2.05, 4.69) is 19.9 Å². The van der Waals surface area contributed by atoms with Crippen LogP contribution in [0.1, 0.15) is 17.9 Å². The third kappa shape index (κ3) is 5.81. The molecule has 0 saturated carbocycles. The first-order chi connectivity index (χ1) is 13.6. The van der Waals surface area contributed by atoms with Gasteiger partial charge in [0.05, 0.1) is 0 Å². The van der Waals surface area contributed by atoms with Crippen LogP contribution in [0.25, 0.3) is 11.5 Å². The number of halogens is 7. The van der Waals surface area contributed by atoms with Gasteiger partial charge >= 0.3 is 12.4 Å². The molecule has 2 heterocycles. The van der Waals surface area contributed by atoms with Gasteiger partial charge in [0.2, 0.25) is 11.9 Å². The zero-order valence-corrected chi connectivity index (χ0v) is 14.1. The van der Waals surface area contributed by atoms with E-state index >= 15 is 0 Å². The molecule has 0 bridgehead atoms. The number of nitrogens with one attached hydrogen (secondary N) is 2. The van der Waals surface area contributed by atoms with Crippen LogP contribution < -0.4 is 10.6 Å². The van der Waals surface area contributed by atoms with Crippen molar-refractivity contribution in [3.05, 3.63) is 23.4 Å².